The van der Waals surface area contributed by atoms with Crippen LogP contribution >= 0.6 is 0 Å². The molecule has 2 aliphatic carbocycles. The van der Waals surface area contributed by atoms with Crippen molar-refractivity contribution in [1.29, 1.82) is 0 Å². The van der Waals surface area contributed by atoms with Crippen LogP contribution in [0.15, 0.2) is 18.2 Å². The number of aryl methyl sites for hydroxylation is 1. The van der Waals surface area contributed by atoms with Crippen molar-refractivity contribution in [3.05, 3.63) is 35.1 Å². The van der Waals surface area contributed by atoms with Gasteiger partial charge in [-0.15, -0.1) is 0 Å². The van der Waals surface area contributed by atoms with Crippen LogP contribution in [-0.2, 0) is 0 Å². The number of hydrogen-bond donors (Lipinski definition) is 1. The number of fused-ring (bicyclic) bond motifs is 2. The highest BCUT2D eigenvalue weighted by Gasteiger charge is 2.42. The van der Waals surface area contributed by atoms with Gasteiger partial charge in [-0.1, -0.05) is 24.6 Å². The van der Waals surface area contributed by atoms with Gasteiger partial charge in [0.1, 0.15) is 5.82 Å². The van der Waals surface area contributed by atoms with E-state index < -0.39 is 0 Å². The number of halogens is 1. The molecule has 2 saturated carbocycles. The van der Waals surface area contributed by atoms with Gasteiger partial charge in [0, 0.05) is 11.6 Å². The maximum absolute atomic E-state index is 14.1. The average Bonchev–Trinajstić information content (AvgIpc) is 2.94. The van der Waals surface area contributed by atoms with Crippen LogP contribution in [0.1, 0.15) is 42.9 Å². The second-order valence-corrected chi connectivity index (χ2v) is 5.84. The molecule has 1 nitrogen and oxygen atoms in total. The minimum Gasteiger partial charge on any atom is -0.324 e. The van der Waals surface area contributed by atoms with Gasteiger partial charge in [0.25, 0.3) is 0 Å². The Bertz CT molecular complexity index is 429. The lowest BCUT2D eigenvalue weighted by molar-refractivity contribution is 0.280. The normalized spacial score (nSPS) is 33.0. The number of hydrogen-bond acceptors (Lipinski definition) is 1. The topological polar surface area (TPSA) is 26.0 Å². The standard InChI is InChI=1S/C15H20FN/c1-9-3-2-4-12(14(9)16)15(17)13-8-10-5-6-11(13)7-10/h2-4,10-11,13,15H,5-8,17H2,1H3. The van der Waals surface area contributed by atoms with E-state index in [1.165, 1.54) is 25.7 Å². The molecule has 3 rings (SSSR count). The molecule has 2 bridgehead atoms. The van der Waals surface area contributed by atoms with E-state index in [9.17, 15) is 4.39 Å². The van der Waals surface area contributed by atoms with Gasteiger partial charge in [-0.05, 0) is 49.5 Å². The molecule has 4 atom stereocenters. The molecule has 4 unspecified atom stereocenters. The first kappa shape index (κ1) is 11.2. The highest BCUT2D eigenvalue weighted by Crippen LogP contribution is 2.52. The molecule has 0 radical (unpaired) electrons. The molecule has 17 heavy (non-hydrogen) atoms. The Labute approximate surface area is 102 Å². The first-order chi connectivity index (χ1) is 8.16. The van der Waals surface area contributed by atoms with Gasteiger partial charge in [-0.25, -0.2) is 4.39 Å². The van der Waals surface area contributed by atoms with Crippen molar-refractivity contribution in [2.24, 2.45) is 23.5 Å². The van der Waals surface area contributed by atoms with Crippen molar-refractivity contribution in [2.45, 2.75) is 38.6 Å². The zero-order valence-electron chi connectivity index (χ0n) is 10.3. The summed E-state index contributed by atoms with van der Waals surface area (Å²) in [5.41, 5.74) is 7.75. The maximum atomic E-state index is 14.1. The Morgan fingerprint density at radius 1 is 1.29 bits per heavy atom. The van der Waals surface area contributed by atoms with Crippen molar-refractivity contribution in [2.75, 3.05) is 0 Å². The van der Waals surface area contributed by atoms with Crippen molar-refractivity contribution in [3.63, 3.8) is 0 Å². The summed E-state index contributed by atoms with van der Waals surface area (Å²) < 4.78 is 14.1. The molecule has 1 aromatic carbocycles. The van der Waals surface area contributed by atoms with E-state index >= 15 is 0 Å². The van der Waals surface area contributed by atoms with Crippen LogP contribution < -0.4 is 5.73 Å². The molecular formula is C15H20FN. The number of nitrogens with two attached hydrogens (primary N) is 1. The highest BCUT2D eigenvalue weighted by atomic mass is 19.1. The molecule has 0 heterocycles. The fourth-order valence-corrected chi connectivity index (χ4v) is 3.89. The third-order valence-electron chi connectivity index (χ3n) is 4.83. The third kappa shape index (κ3) is 1.79. The highest BCUT2D eigenvalue weighted by molar-refractivity contribution is 5.28. The molecule has 2 aliphatic rings. The van der Waals surface area contributed by atoms with E-state index in [0.29, 0.717) is 11.5 Å². The summed E-state index contributed by atoms with van der Waals surface area (Å²) in [5, 5.41) is 0. The monoisotopic (exact) mass is 233 g/mol. The molecule has 92 valence electrons. The zero-order valence-corrected chi connectivity index (χ0v) is 10.3. The average molecular weight is 233 g/mol. The van der Waals surface area contributed by atoms with Crippen LogP contribution in [-0.4, -0.2) is 0 Å². The third-order valence-corrected chi connectivity index (χ3v) is 4.83. The van der Waals surface area contributed by atoms with Crippen LogP contribution in [0.5, 0.6) is 0 Å². The Morgan fingerprint density at radius 3 is 2.76 bits per heavy atom. The quantitative estimate of drug-likeness (QED) is 0.830. The smallest absolute Gasteiger partial charge is 0.130 e. The molecule has 0 amide bonds. The lowest BCUT2D eigenvalue weighted by Gasteiger charge is -2.28. The van der Waals surface area contributed by atoms with E-state index in [1.807, 2.05) is 25.1 Å². The predicted molar refractivity (Wildman–Crippen MR) is 67.0 cm³/mol. The minimum absolute atomic E-state index is 0.0947. The van der Waals surface area contributed by atoms with Gasteiger partial charge in [0.2, 0.25) is 0 Å². The number of rotatable bonds is 2. The first-order valence-electron chi connectivity index (χ1n) is 6.67. The molecular weight excluding hydrogens is 213 g/mol. The lowest BCUT2D eigenvalue weighted by atomic mass is 9.80. The second-order valence-electron chi connectivity index (χ2n) is 5.84. The van der Waals surface area contributed by atoms with Crippen LogP contribution in [0.2, 0.25) is 0 Å². The fraction of sp³-hybridized carbons (Fsp3) is 0.600. The zero-order chi connectivity index (χ0) is 12.0. The first-order valence-corrected chi connectivity index (χ1v) is 6.67. The molecule has 0 saturated heterocycles. The Hall–Kier alpha value is -0.890. The van der Waals surface area contributed by atoms with Gasteiger partial charge in [-0.3, -0.25) is 0 Å². The van der Waals surface area contributed by atoms with Crippen LogP contribution in [0.4, 0.5) is 4.39 Å². The molecule has 0 aromatic heterocycles. The summed E-state index contributed by atoms with van der Waals surface area (Å²) >= 11 is 0. The molecule has 0 spiro atoms. The van der Waals surface area contributed by atoms with Crippen molar-refractivity contribution in [1.82, 2.24) is 0 Å². The van der Waals surface area contributed by atoms with Gasteiger partial charge >= 0.3 is 0 Å². The van der Waals surface area contributed by atoms with E-state index in [-0.39, 0.29) is 11.9 Å². The van der Waals surface area contributed by atoms with Gasteiger partial charge < -0.3 is 5.73 Å². The summed E-state index contributed by atoms with van der Waals surface area (Å²) in [6.07, 6.45) is 5.20. The minimum atomic E-state index is -0.106. The molecule has 0 aliphatic heterocycles. The Morgan fingerprint density at radius 2 is 2.12 bits per heavy atom. The largest absolute Gasteiger partial charge is 0.324 e. The Balaban J connectivity index is 1.86. The molecule has 2 N–H and O–H groups in total. The summed E-state index contributed by atoms with van der Waals surface area (Å²) in [6.45, 7) is 1.81. The molecule has 2 fully saturated rings. The fourth-order valence-electron chi connectivity index (χ4n) is 3.89. The van der Waals surface area contributed by atoms with Gasteiger partial charge in [0.15, 0.2) is 0 Å². The summed E-state index contributed by atoms with van der Waals surface area (Å²) in [4.78, 5) is 0. The van der Waals surface area contributed by atoms with Crippen LogP contribution in [0, 0.1) is 30.5 Å². The predicted octanol–water partition coefficient (Wildman–Crippen LogP) is 3.57. The number of benzene rings is 1. The summed E-state index contributed by atoms with van der Waals surface area (Å²) in [7, 11) is 0. The van der Waals surface area contributed by atoms with E-state index in [2.05, 4.69) is 0 Å². The van der Waals surface area contributed by atoms with E-state index in [1.54, 1.807) is 0 Å². The second kappa shape index (κ2) is 4.09. The summed E-state index contributed by atoms with van der Waals surface area (Å²) in [6, 6.07) is 5.48. The van der Waals surface area contributed by atoms with E-state index in [0.717, 1.165) is 17.4 Å². The SMILES string of the molecule is Cc1cccc(C(N)C2CC3CCC2C3)c1F. The van der Waals surface area contributed by atoms with E-state index in [4.69, 9.17) is 5.73 Å². The van der Waals surface area contributed by atoms with Crippen LogP contribution in [0.3, 0.4) is 0 Å². The Kier molecular flexibility index (Phi) is 2.70. The van der Waals surface area contributed by atoms with Crippen molar-refractivity contribution in [3.8, 4) is 0 Å². The van der Waals surface area contributed by atoms with Gasteiger partial charge in [0.05, 0.1) is 0 Å². The maximum Gasteiger partial charge on any atom is 0.130 e. The molecule has 1 aromatic rings. The van der Waals surface area contributed by atoms with Crippen molar-refractivity contribution >= 4 is 0 Å². The summed E-state index contributed by atoms with van der Waals surface area (Å²) in [5.74, 6) is 2.02. The lowest BCUT2D eigenvalue weighted by Crippen LogP contribution is -2.27. The van der Waals surface area contributed by atoms with Crippen molar-refractivity contribution < 1.29 is 4.39 Å². The van der Waals surface area contributed by atoms with Crippen LogP contribution in [0.25, 0.3) is 0 Å². The van der Waals surface area contributed by atoms with Gasteiger partial charge in [-0.2, -0.15) is 0 Å². The molecule has 2 heteroatoms.